The number of para-hydroxylation sites is 1. The van der Waals surface area contributed by atoms with Crippen LogP contribution in [0, 0.1) is 13.8 Å². The summed E-state index contributed by atoms with van der Waals surface area (Å²) < 4.78 is 1.99. The molecule has 5 nitrogen and oxygen atoms in total. The van der Waals surface area contributed by atoms with Gasteiger partial charge in [0.05, 0.1) is 6.20 Å². The Kier molecular flexibility index (Phi) is 3.61. The highest BCUT2D eigenvalue weighted by atomic mass is 16.3. The van der Waals surface area contributed by atoms with Crippen LogP contribution < -0.4 is 5.32 Å². The number of imidazole rings is 1. The second kappa shape index (κ2) is 5.94. The number of hydrogen-bond donors (Lipinski definition) is 2. The molecule has 0 aliphatic carbocycles. The van der Waals surface area contributed by atoms with Gasteiger partial charge in [-0.3, -0.25) is 9.38 Å². The molecule has 5 heteroatoms. The molecule has 0 fully saturated rings. The van der Waals surface area contributed by atoms with E-state index >= 15 is 0 Å². The van der Waals surface area contributed by atoms with Crippen LogP contribution in [-0.2, 0) is 0 Å². The van der Waals surface area contributed by atoms with E-state index in [4.69, 9.17) is 4.98 Å². The van der Waals surface area contributed by atoms with E-state index in [0.717, 1.165) is 28.4 Å². The molecule has 124 valence electrons. The van der Waals surface area contributed by atoms with Gasteiger partial charge in [-0.05, 0) is 49.2 Å². The van der Waals surface area contributed by atoms with Gasteiger partial charge in [-0.25, -0.2) is 4.98 Å². The van der Waals surface area contributed by atoms with Crippen molar-refractivity contribution in [1.29, 1.82) is 0 Å². The van der Waals surface area contributed by atoms with Gasteiger partial charge in [-0.2, -0.15) is 0 Å². The van der Waals surface area contributed by atoms with Crippen molar-refractivity contribution in [3.8, 4) is 17.0 Å². The van der Waals surface area contributed by atoms with Crippen molar-refractivity contribution in [2.24, 2.45) is 0 Å². The zero-order valence-electron chi connectivity index (χ0n) is 14.1. The molecule has 0 amide bonds. The van der Waals surface area contributed by atoms with Crippen LogP contribution in [0.5, 0.6) is 5.75 Å². The third kappa shape index (κ3) is 2.70. The van der Waals surface area contributed by atoms with Gasteiger partial charge in [-0.15, -0.1) is 0 Å². The smallest absolute Gasteiger partial charge is 0.157 e. The van der Waals surface area contributed by atoms with Gasteiger partial charge in [0.25, 0.3) is 0 Å². The number of phenolic OH excluding ortho intramolecular Hbond substituents is 1. The molecule has 4 aromatic rings. The summed E-state index contributed by atoms with van der Waals surface area (Å²) in [6.07, 6.45) is 5.37. The van der Waals surface area contributed by atoms with E-state index in [1.165, 1.54) is 11.1 Å². The summed E-state index contributed by atoms with van der Waals surface area (Å²) in [5.74, 6) is 1.11. The van der Waals surface area contributed by atoms with E-state index in [1.807, 2.05) is 22.7 Å². The highest BCUT2D eigenvalue weighted by molar-refractivity contribution is 5.81. The maximum absolute atomic E-state index is 9.57. The van der Waals surface area contributed by atoms with Gasteiger partial charge in [0, 0.05) is 23.6 Å². The average molecular weight is 330 g/mol. The highest BCUT2D eigenvalue weighted by Gasteiger charge is 2.16. The lowest BCUT2D eigenvalue weighted by molar-refractivity contribution is 0.475. The molecule has 25 heavy (non-hydrogen) atoms. The molecule has 0 saturated carbocycles. The van der Waals surface area contributed by atoms with Crippen molar-refractivity contribution in [2.75, 3.05) is 5.32 Å². The number of rotatable bonds is 3. The summed E-state index contributed by atoms with van der Waals surface area (Å²) in [7, 11) is 0. The molecular formula is C20H18N4O. The van der Waals surface area contributed by atoms with Crippen LogP contribution in [-0.4, -0.2) is 19.5 Å². The lowest BCUT2D eigenvalue weighted by Crippen LogP contribution is -2.00. The van der Waals surface area contributed by atoms with Crippen LogP contribution in [0.25, 0.3) is 16.9 Å². The molecule has 0 radical (unpaired) electrons. The Labute approximate surface area is 145 Å². The highest BCUT2D eigenvalue weighted by Crippen LogP contribution is 2.33. The van der Waals surface area contributed by atoms with Crippen LogP contribution in [0.2, 0.25) is 0 Å². The molecule has 0 atom stereocenters. The van der Waals surface area contributed by atoms with Gasteiger partial charge in [-0.1, -0.05) is 18.2 Å². The van der Waals surface area contributed by atoms with Crippen LogP contribution in [0.15, 0.2) is 61.1 Å². The summed E-state index contributed by atoms with van der Waals surface area (Å²) in [5.41, 5.74) is 5.91. The van der Waals surface area contributed by atoms with E-state index in [9.17, 15) is 5.11 Å². The van der Waals surface area contributed by atoms with Crippen LogP contribution in [0.3, 0.4) is 0 Å². The molecule has 0 unspecified atom stereocenters. The number of fused-ring (bicyclic) bond motifs is 1. The predicted octanol–water partition coefficient (Wildman–Crippen LogP) is 4.46. The molecule has 2 aromatic carbocycles. The van der Waals surface area contributed by atoms with Crippen molar-refractivity contribution in [1.82, 2.24) is 14.4 Å². The van der Waals surface area contributed by atoms with E-state index in [-0.39, 0.29) is 5.75 Å². The molecule has 2 N–H and O–H groups in total. The number of aromatic hydroxyl groups is 1. The summed E-state index contributed by atoms with van der Waals surface area (Å²) in [5, 5.41) is 13.1. The Morgan fingerprint density at radius 2 is 1.72 bits per heavy atom. The first-order valence-electron chi connectivity index (χ1n) is 8.08. The maximum atomic E-state index is 9.57. The first kappa shape index (κ1) is 15.2. The Hall–Kier alpha value is -3.34. The second-order valence-electron chi connectivity index (χ2n) is 6.05. The minimum absolute atomic E-state index is 0.235. The minimum Gasteiger partial charge on any atom is -0.508 e. The van der Waals surface area contributed by atoms with Gasteiger partial charge in [0.1, 0.15) is 17.3 Å². The van der Waals surface area contributed by atoms with Crippen molar-refractivity contribution >= 4 is 17.2 Å². The van der Waals surface area contributed by atoms with Crippen molar-refractivity contribution in [3.63, 3.8) is 0 Å². The topological polar surface area (TPSA) is 62.5 Å². The maximum Gasteiger partial charge on any atom is 0.157 e. The Bertz CT molecular complexity index is 1030. The lowest BCUT2D eigenvalue weighted by atomic mass is 10.1. The Balaban J connectivity index is 1.92. The number of nitrogens with one attached hydrogen (secondary N) is 1. The molecule has 2 heterocycles. The van der Waals surface area contributed by atoms with Gasteiger partial charge < -0.3 is 10.4 Å². The Morgan fingerprint density at radius 1 is 1.00 bits per heavy atom. The number of anilines is 2. The third-order valence-electron chi connectivity index (χ3n) is 4.30. The average Bonchev–Trinajstić information content (AvgIpc) is 2.97. The molecule has 0 spiro atoms. The second-order valence-corrected chi connectivity index (χ2v) is 6.05. The van der Waals surface area contributed by atoms with Crippen molar-refractivity contribution < 1.29 is 5.11 Å². The first-order valence-corrected chi connectivity index (χ1v) is 8.08. The minimum atomic E-state index is 0.235. The third-order valence-corrected chi connectivity index (χ3v) is 4.30. The number of aromatic nitrogens is 3. The SMILES string of the molecule is Cc1cccc(C)c1Nc1c(-c2ccc(O)cc2)nc2cnccn12. The van der Waals surface area contributed by atoms with Crippen LogP contribution in [0.4, 0.5) is 11.5 Å². The van der Waals surface area contributed by atoms with Gasteiger partial charge in [0.15, 0.2) is 5.65 Å². The number of aryl methyl sites for hydroxylation is 2. The number of nitrogens with zero attached hydrogens (tertiary/aromatic N) is 3. The van der Waals surface area contributed by atoms with Crippen LogP contribution in [0.1, 0.15) is 11.1 Å². The standard InChI is InChI=1S/C20H18N4O/c1-13-4-3-5-14(2)18(13)23-20-19(15-6-8-16(25)9-7-15)22-17-12-21-10-11-24(17)20/h3-12,23,25H,1-2H3. The first-order chi connectivity index (χ1) is 12.1. The summed E-state index contributed by atoms with van der Waals surface area (Å²) in [6.45, 7) is 4.17. The van der Waals surface area contributed by atoms with Gasteiger partial charge >= 0.3 is 0 Å². The van der Waals surface area contributed by atoms with E-state index in [2.05, 4.69) is 42.3 Å². The predicted molar refractivity (Wildman–Crippen MR) is 99.3 cm³/mol. The molecule has 0 saturated heterocycles. The number of benzene rings is 2. The molecule has 0 aliphatic heterocycles. The molecule has 4 rings (SSSR count). The fraction of sp³-hybridized carbons (Fsp3) is 0.100. The van der Waals surface area contributed by atoms with Crippen molar-refractivity contribution in [2.45, 2.75) is 13.8 Å². The Morgan fingerprint density at radius 3 is 2.44 bits per heavy atom. The zero-order valence-corrected chi connectivity index (χ0v) is 14.1. The monoisotopic (exact) mass is 330 g/mol. The zero-order chi connectivity index (χ0) is 17.4. The number of hydrogen-bond acceptors (Lipinski definition) is 4. The molecule has 0 bridgehead atoms. The summed E-state index contributed by atoms with van der Waals surface area (Å²) >= 11 is 0. The molecular weight excluding hydrogens is 312 g/mol. The molecule has 0 aliphatic rings. The van der Waals surface area contributed by atoms with E-state index in [0.29, 0.717) is 0 Å². The van der Waals surface area contributed by atoms with Gasteiger partial charge in [0.2, 0.25) is 0 Å². The van der Waals surface area contributed by atoms with E-state index < -0.39 is 0 Å². The fourth-order valence-electron chi connectivity index (χ4n) is 2.98. The summed E-state index contributed by atoms with van der Waals surface area (Å²) in [6, 6.07) is 13.3. The van der Waals surface area contributed by atoms with Crippen LogP contribution >= 0.6 is 0 Å². The van der Waals surface area contributed by atoms with E-state index in [1.54, 1.807) is 24.5 Å². The molecule has 2 aromatic heterocycles. The normalized spacial score (nSPS) is 11.0. The fourth-order valence-corrected chi connectivity index (χ4v) is 2.98. The quantitative estimate of drug-likeness (QED) is 0.582. The largest absolute Gasteiger partial charge is 0.508 e. The lowest BCUT2D eigenvalue weighted by Gasteiger charge is -2.14. The van der Waals surface area contributed by atoms with Crippen molar-refractivity contribution in [3.05, 3.63) is 72.2 Å². The summed E-state index contributed by atoms with van der Waals surface area (Å²) in [4.78, 5) is 8.89. The number of phenols is 1.